The topological polar surface area (TPSA) is 60.7 Å². The minimum atomic E-state index is -4.41. The molecule has 0 aliphatic heterocycles. The van der Waals surface area contributed by atoms with E-state index in [1.165, 1.54) is 12.1 Å². The van der Waals surface area contributed by atoms with Crippen LogP contribution in [0.4, 0.5) is 13.2 Å². The van der Waals surface area contributed by atoms with Crippen LogP contribution >= 0.6 is 0 Å². The third-order valence-electron chi connectivity index (χ3n) is 2.00. The number of aryl methyl sites for hydroxylation is 1. The SMILES string of the molecule is O[Si](O)(O)CCc1cccc(C(F)(F)F)c1. The van der Waals surface area contributed by atoms with Crippen LogP contribution in [0.3, 0.4) is 0 Å². The van der Waals surface area contributed by atoms with Gasteiger partial charge in [-0.3, -0.25) is 0 Å². The zero-order valence-electron chi connectivity index (χ0n) is 8.20. The summed E-state index contributed by atoms with van der Waals surface area (Å²) in [6.07, 6.45) is -4.41. The number of benzene rings is 1. The minimum Gasteiger partial charge on any atom is -0.390 e. The van der Waals surface area contributed by atoms with Crippen molar-refractivity contribution in [3.8, 4) is 0 Å². The fourth-order valence-corrected chi connectivity index (χ4v) is 1.84. The van der Waals surface area contributed by atoms with Crippen LogP contribution in [-0.4, -0.2) is 23.2 Å². The normalized spacial score (nSPS) is 12.9. The van der Waals surface area contributed by atoms with Crippen molar-refractivity contribution < 1.29 is 27.6 Å². The smallest absolute Gasteiger partial charge is 0.390 e. The molecule has 1 aromatic rings. The second-order valence-corrected chi connectivity index (χ2v) is 5.52. The lowest BCUT2D eigenvalue weighted by molar-refractivity contribution is -0.137. The van der Waals surface area contributed by atoms with E-state index in [9.17, 15) is 13.2 Å². The fraction of sp³-hybridized carbons (Fsp3) is 0.333. The van der Waals surface area contributed by atoms with E-state index >= 15 is 0 Å². The van der Waals surface area contributed by atoms with Crippen molar-refractivity contribution >= 4 is 8.80 Å². The van der Waals surface area contributed by atoms with E-state index in [4.69, 9.17) is 14.4 Å². The summed E-state index contributed by atoms with van der Waals surface area (Å²) in [5, 5.41) is 0. The van der Waals surface area contributed by atoms with E-state index in [0.29, 0.717) is 5.56 Å². The van der Waals surface area contributed by atoms with Gasteiger partial charge in [0.25, 0.3) is 0 Å². The molecule has 0 radical (unpaired) electrons. The van der Waals surface area contributed by atoms with Crippen molar-refractivity contribution in [3.05, 3.63) is 35.4 Å². The summed E-state index contributed by atoms with van der Waals surface area (Å²) in [7, 11) is -4.18. The predicted octanol–water partition coefficient (Wildman–Crippen LogP) is 1.16. The molecule has 0 aromatic heterocycles. The van der Waals surface area contributed by atoms with Crippen molar-refractivity contribution in [2.45, 2.75) is 18.6 Å². The zero-order valence-corrected chi connectivity index (χ0v) is 9.20. The van der Waals surface area contributed by atoms with Crippen LogP contribution in [0.2, 0.25) is 6.04 Å². The summed E-state index contributed by atoms with van der Waals surface area (Å²) in [4.78, 5) is 26.2. The van der Waals surface area contributed by atoms with Crippen LogP contribution in [0.5, 0.6) is 0 Å². The molecule has 90 valence electrons. The van der Waals surface area contributed by atoms with Gasteiger partial charge in [-0.2, -0.15) is 13.2 Å². The van der Waals surface area contributed by atoms with Crippen LogP contribution in [0.15, 0.2) is 24.3 Å². The maximum Gasteiger partial charge on any atom is 0.493 e. The molecule has 3 N–H and O–H groups in total. The summed E-state index contributed by atoms with van der Waals surface area (Å²) < 4.78 is 36.9. The average molecular weight is 252 g/mol. The van der Waals surface area contributed by atoms with Gasteiger partial charge in [-0.25, -0.2) is 0 Å². The van der Waals surface area contributed by atoms with Crippen LogP contribution < -0.4 is 0 Å². The third kappa shape index (κ3) is 4.31. The Kier molecular flexibility index (Phi) is 3.74. The Hall–Kier alpha value is -0.893. The van der Waals surface area contributed by atoms with Gasteiger partial charge in [0, 0.05) is 6.04 Å². The first-order valence-electron chi connectivity index (χ1n) is 4.52. The lowest BCUT2D eigenvalue weighted by Crippen LogP contribution is -2.34. The molecule has 0 bridgehead atoms. The molecule has 0 heterocycles. The zero-order chi connectivity index (χ0) is 12.4. The van der Waals surface area contributed by atoms with Crippen LogP contribution in [-0.2, 0) is 12.6 Å². The molecule has 0 spiro atoms. The van der Waals surface area contributed by atoms with Crippen molar-refractivity contribution in [2.75, 3.05) is 0 Å². The average Bonchev–Trinajstić information content (AvgIpc) is 2.13. The Balaban J connectivity index is 2.76. The first kappa shape index (κ1) is 13.2. The molecule has 3 nitrogen and oxygen atoms in total. The van der Waals surface area contributed by atoms with Gasteiger partial charge >= 0.3 is 15.0 Å². The number of rotatable bonds is 3. The molecule has 0 aliphatic rings. The molecule has 16 heavy (non-hydrogen) atoms. The van der Waals surface area contributed by atoms with E-state index in [0.717, 1.165) is 12.1 Å². The molecular weight excluding hydrogens is 241 g/mol. The third-order valence-corrected chi connectivity index (χ3v) is 2.92. The summed E-state index contributed by atoms with van der Waals surface area (Å²) in [6, 6.07) is 4.24. The molecule has 1 aromatic carbocycles. The van der Waals surface area contributed by atoms with E-state index in [2.05, 4.69) is 0 Å². The van der Waals surface area contributed by atoms with Gasteiger partial charge in [-0.1, -0.05) is 18.2 Å². The number of alkyl halides is 3. The molecule has 0 amide bonds. The Morgan fingerprint density at radius 1 is 1.12 bits per heavy atom. The van der Waals surface area contributed by atoms with Crippen molar-refractivity contribution in [1.29, 1.82) is 0 Å². The molecule has 0 saturated heterocycles. The van der Waals surface area contributed by atoms with Crippen LogP contribution in [0.25, 0.3) is 0 Å². The first-order chi connectivity index (χ1) is 7.18. The predicted molar refractivity (Wildman–Crippen MR) is 52.4 cm³/mol. The maximum absolute atomic E-state index is 12.3. The highest BCUT2D eigenvalue weighted by Crippen LogP contribution is 2.29. The molecule has 0 aliphatic carbocycles. The first-order valence-corrected chi connectivity index (χ1v) is 6.56. The highest BCUT2D eigenvalue weighted by molar-refractivity contribution is 6.56. The Bertz CT molecular complexity index is 360. The van der Waals surface area contributed by atoms with Gasteiger partial charge in [0.15, 0.2) is 0 Å². The van der Waals surface area contributed by atoms with Gasteiger partial charge in [-0.05, 0) is 18.1 Å². The number of hydrogen-bond donors (Lipinski definition) is 3. The van der Waals surface area contributed by atoms with Crippen molar-refractivity contribution in [2.24, 2.45) is 0 Å². The second-order valence-electron chi connectivity index (χ2n) is 3.47. The van der Waals surface area contributed by atoms with Crippen molar-refractivity contribution in [3.63, 3.8) is 0 Å². The van der Waals surface area contributed by atoms with E-state index in [-0.39, 0.29) is 12.5 Å². The van der Waals surface area contributed by atoms with Crippen LogP contribution in [0, 0.1) is 0 Å². The largest absolute Gasteiger partial charge is 0.493 e. The lowest BCUT2D eigenvalue weighted by Gasteiger charge is -2.11. The highest BCUT2D eigenvalue weighted by Gasteiger charge is 2.31. The Morgan fingerprint density at radius 3 is 2.25 bits per heavy atom. The van der Waals surface area contributed by atoms with Crippen LogP contribution in [0.1, 0.15) is 11.1 Å². The van der Waals surface area contributed by atoms with Gasteiger partial charge in [0.1, 0.15) is 0 Å². The molecule has 0 unspecified atom stereocenters. The highest BCUT2D eigenvalue weighted by atomic mass is 28.4. The summed E-state index contributed by atoms with van der Waals surface area (Å²) in [5.41, 5.74) is -0.477. The van der Waals surface area contributed by atoms with Gasteiger partial charge in [-0.15, -0.1) is 0 Å². The summed E-state index contributed by atoms with van der Waals surface area (Å²) in [6.45, 7) is 0. The second kappa shape index (κ2) is 4.54. The molecule has 0 fully saturated rings. The minimum absolute atomic E-state index is 0.000355. The summed E-state index contributed by atoms with van der Waals surface area (Å²) in [5.74, 6) is 0. The van der Waals surface area contributed by atoms with Crippen molar-refractivity contribution in [1.82, 2.24) is 0 Å². The Labute approximate surface area is 91.2 Å². The number of halogens is 3. The molecule has 7 heteroatoms. The quantitative estimate of drug-likeness (QED) is 0.708. The molecular formula is C9H11F3O3Si. The maximum atomic E-state index is 12.3. The fourth-order valence-electron chi connectivity index (χ4n) is 1.22. The monoisotopic (exact) mass is 252 g/mol. The number of hydrogen-bond acceptors (Lipinski definition) is 3. The van der Waals surface area contributed by atoms with Gasteiger partial charge in [0.2, 0.25) is 0 Å². The summed E-state index contributed by atoms with van der Waals surface area (Å²) >= 11 is 0. The molecule has 1 rings (SSSR count). The van der Waals surface area contributed by atoms with E-state index in [1.54, 1.807) is 0 Å². The van der Waals surface area contributed by atoms with E-state index in [1.807, 2.05) is 0 Å². The van der Waals surface area contributed by atoms with Gasteiger partial charge < -0.3 is 14.4 Å². The van der Waals surface area contributed by atoms with E-state index < -0.39 is 20.5 Å². The lowest BCUT2D eigenvalue weighted by atomic mass is 10.1. The standard InChI is InChI=1S/C9H11F3O3Si/c10-9(11,12)8-3-1-2-7(6-8)4-5-16(13,14)15/h1-3,6,13-15H,4-5H2. The molecule has 0 saturated carbocycles. The van der Waals surface area contributed by atoms with Gasteiger partial charge in [0.05, 0.1) is 5.56 Å². The molecule has 0 atom stereocenters. The Morgan fingerprint density at radius 2 is 1.75 bits per heavy atom.